The molecule has 0 aliphatic carbocycles. The highest BCUT2D eigenvalue weighted by Crippen LogP contribution is 2.27. The molecule has 1 atom stereocenters. The van der Waals surface area contributed by atoms with Crippen molar-refractivity contribution in [1.82, 2.24) is 0 Å². The number of nitrogens with zero attached hydrogens (tertiary/aromatic N) is 1. The maximum atomic E-state index is 9.58. The van der Waals surface area contributed by atoms with Crippen molar-refractivity contribution < 1.29 is 5.11 Å². The standard InChI is InChI=1S/C10H10ClNO/c1-7-3-2-4-8(11)10(7)9(13)5-6-12/h2-4,9,13H,5H2,1H3. The van der Waals surface area contributed by atoms with Crippen LogP contribution in [-0.2, 0) is 0 Å². The predicted octanol–water partition coefficient (Wildman–Crippen LogP) is 2.60. The van der Waals surface area contributed by atoms with Gasteiger partial charge in [0.2, 0.25) is 0 Å². The van der Waals surface area contributed by atoms with E-state index in [1.54, 1.807) is 6.07 Å². The van der Waals surface area contributed by atoms with Gasteiger partial charge in [-0.3, -0.25) is 0 Å². The van der Waals surface area contributed by atoms with E-state index in [2.05, 4.69) is 0 Å². The minimum absolute atomic E-state index is 0.0740. The van der Waals surface area contributed by atoms with Crippen molar-refractivity contribution in [2.75, 3.05) is 0 Å². The number of nitriles is 1. The van der Waals surface area contributed by atoms with E-state index in [-0.39, 0.29) is 6.42 Å². The molecule has 3 heteroatoms. The van der Waals surface area contributed by atoms with Crippen LogP contribution in [0, 0.1) is 18.3 Å². The number of benzene rings is 1. The largest absolute Gasteiger partial charge is 0.387 e. The van der Waals surface area contributed by atoms with Crippen LogP contribution >= 0.6 is 11.6 Å². The number of aliphatic hydroxyl groups is 1. The summed E-state index contributed by atoms with van der Waals surface area (Å²) < 4.78 is 0. The van der Waals surface area contributed by atoms with Gasteiger partial charge in [0.15, 0.2) is 0 Å². The lowest BCUT2D eigenvalue weighted by atomic mass is 10.0. The Morgan fingerprint density at radius 3 is 2.85 bits per heavy atom. The predicted molar refractivity (Wildman–Crippen MR) is 51.4 cm³/mol. The molecule has 1 aromatic carbocycles. The molecule has 2 nitrogen and oxygen atoms in total. The first kappa shape index (κ1) is 10.0. The first-order valence-electron chi connectivity index (χ1n) is 3.97. The molecular formula is C10H10ClNO. The topological polar surface area (TPSA) is 44.0 Å². The second-order valence-corrected chi connectivity index (χ2v) is 3.26. The van der Waals surface area contributed by atoms with Crippen molar-refractivity contribution in [2.24, 2.45) is 0 Å². The summed E-state index contributed by atoms with van der Waals surface area (Å²) in [6, 6.07) is 7.31. The van der Waals surface area contributed by atoms with Gasteiger partial charge in [0.25, 0.3) is 0 Å². The van der Waals surface area contributed by atoms with Crippen molar-refractivity contribution in [1.29, 1.82) is 5.26 Å². The van der Waals surface area contributed by atoms with Crippen molar-refractivity contribution in [3.05, 3.63) is 34.3 Å². The summed E-state index contributed by atoms with van der Waals surface area (Å²) in [5.41, 5.74) is 1.57. The van der Waals surface area contributed by atoms with Crippen LogP contribution in [0.3, 0.4) is 0 Å². The fourth-order valence-corrected chi connectivity index (χ4v) is 1.60. The minimum Gasteiger partial charge on any atom is -0.387 e. The van der Waals surface area contributed by atoms with Crippen LogP contribution in [0.25, 0.3) is 0 Å². The van der Waals surface area contributed by atoms with Gasteiger partial charge in [0.05, 0.1) is 18.6 Å². The van der Waals surface area contributed by atoms with Gasteiger partial charge >= 0.3 is 0 Å². The Morgan fingerprint density at radius 1 is 1.62 bits per heavy atom. The monoisotopic (exact) mass is 195 g/mol. The Morgan fingerprint density at radius 2 is 2.31 bits per heavy atom. The number of hydrogen-bond acceptors (Lipinski definition) is 2. The summed E-state index contributed by atoms with van der Waals surface area (Å²) in [6.07, 6.45) is -0.705. The Kier molecular flexibility index (Phi) is 3.30. The molecule has 0 spiro atoms. The van der Waals surface area contributed by atoms with Gasteiger partial charge in [0.1, 0.15) is 0 Å². The quantitative estimate of drug-likeness (QED) is 0.789. The number of halogens is 1. The van der Waals surface area contributed by atoms with E-state index in [0.29, 0.717) is 10.6 Å². The van der Waals surface area contributed by atoms with Gasteiger partial charge in [-0.25, -0.2) is 0 Å². The molecule has 0 saturated carbocycles. The van der Waals surface area contributed by atoms with Crippen LogP contribution in [0.1, 0.15) is 23.7 Å². The van der Waals surface area contributed by atoms with E-state index in [9.17, 15) is 5.11 Å². The second-order valence-electron chi connectivity index (χ2n) is 2.85. The fourth-order valence-electron chi connectivity index (χ4n) is 1.26. The maximum Gasteiger partial charge on any atom is 0.0936 e. The molecule has 1 aromatic rings. The highest BCUT2D eigenvalue weighted by atomic mass is 35.5. The average molecular weight is 196 g/mol. The van der Waals surface area contributed by atoms with E-state index < -0.39 is 6.10 Å². The minimum atomic E-state index is -0.779. The third kappa shape index (κ3) is 2.21. The Hall–Kier alpha value is -1.04. The molecule has 0 aliphatic heterocycles. The van der Waals surface area contributed by atoms with Gasteiger partial charge in [-0.1, -0.05) is 23.7 Å². The zero-order valence-corrected chi connectivity index (χ0v) is 8.04. The molecule has 0 bridgehead atoms. The molecule has 0 amide bonds. The number of aliphatic hydroxyl groups excluding tert-OH is 1. The molecule has 0 heterocycles. The molecular weight excluding hydrogens is 186 g/mol. The Balaban J connectivity index is 3.06. The first-order chi connectivity index (χ1) is 6.16. The van der Waals surface area contributed by atoms with Gasteiger partial charge in [0, 0.05) is 10.6 Å². The number of hydrogen-bond donors (Lipinski definition) is 1. The SMILES string of the molecule is Cc1cccc(Cl)c1C(O)CC#N. The highest BCUT2D eigenvalue weighted by Gasteiger charge is 2.12. The highest BCUT2D eigenvalue weighted by molar-refractivity contribution is 6.31. The van der Waals surface area contributed by atoms with Crippen LogP contribution in [0.5, 0.6) is 0 Å². The molecule has 13 heavy (non-hydrogen) atoms. The van der Waals surface area contributed by atoms with Crippen LogP contribution in [-0.4, -0.2) is 5.11 Å². The van der Waals surface area contributed by atoms with E-state index >= 15 is 0 Å². The molecule has 1 rings (SSSR count). The average Bonchev–Trinajstić information content (AvgIpc) is 2.04. The van der Waals surface area contributed by atoms with Crippen molar-refractivity contribution in [3.8, 4) is 6.07 Å². The van der Waals surface area contributed by atoms with Gasteiger partial charge < -0.3 is 5.11 Å². The smallest absolute Gasteiger partial charge is 0.0936 e. The number of rotatable bonds is 2. The lowest BCUT2D eigenvalue weighted by molar-refractivity contribution is 0.183. The first-order valence-corrected chi connectivity index (χ1v) is 4.34. The summed E-state index contributed by atoms with van der Waals surface area (Å²) in [5.74, 6) is 0. The molecule has 0 radical (unpaired) electrons. The normalized spacial score (nSPS) is 12.2. The van der Waals surface area contributed by atoms with Crippen molar-refractivity contribution in [2.45, 2.75) is 19.4 Å². The second kappa shape index (κ2) is 4.27. The Bertz CT molecular complexity index is 323. The summed E-state index contributed by atoms with van der Waals surface area (Å²) in [5, 5.41) is 18.5. The van der Waals surface area contributed by atoms with Gasteiger partial charge in [-0.2, -0.15) is 5.26 Å². The van der Waals surface area contributed by atoms with E-state index in [0.717, 1.165) is 5.56 Å². The summed E-state index contributed by atoms with van der Waals surface area (Å²) in [4.78, 5) is 0. The maximum absolute atomic E-state index is 9.58. The van der Waals surface area contributed by atoms with Crippen molar-refractivity contribution in [3.63, 3.8) is 0 Å². The van der Waals surface area contributed by atoms with Crippen LogP contribution in [0.15, 0.2) is 18.2 Å². The molecule has 68 valence electrons. The molecule has 1 unspecified atom stereocenters. The lowest BCUT2D eigenvalue weighted by Crippen LogP contribution is -1.99. The van der Waals surface area contributed by atoms with Crippen LogP contribution < -0.4 is 0 Å². The fraction of sp³-hybridized carbons (Fsp3) is 0.300. The summed E-state index contributed by atoms with van der Waals surface area (Å²) in [6.45, 7) is 1.86. The van der Waals surface area contributed by atoms with Gasteiger partial charge in [-0.15, -0.1) is 0 Å². The Labute approximate surface area is 82.4 Å². The third-order valence-electron chi connectivity index (χ3n) is 1.89. The lowest BCUT2D eigenvalue weighted by Gasteiger charge is -2.11. The zero-order valence-electron chi connectivity index (χ0n) is 7.29. The van der Waals surface area contributed by atoms with E-state index in [1.807, 2.05) is 25.1 Å². The summed E-state index contributed by atoms with van der Waals surface area (Å²) in [7, 11) is 0. The van der Waals surface area contributed by atoms with E-state index in [4.69, 9.17) is 16.9 Å². The zero-order chi connectivity index (χ0) is 9.84. The summed E-state index contributed by atoms with van der Waals surface area (Å²) >= 11 is 5.89. The molecule has 1 N–H and O–H groups in total. The molecule has 0 aliphatic rings. The van der Waals surface area contributed by atoms with Gasteiger partial charge in [-0.05, 0) is 18.6 Å². The van der Waals surface area contributed by atoms with Crippen molar-refractivity contribution >= 4 is 11.6 Å². The van der Waals surface area contributed by atoms with Crippen LogP contribution in [0.2, 0.25) is 5.02 Å². The van der Waals surface area contributed by atoms with Crippen LogP contribution in [0.4, 0.5) is 0 Å². The molecule has 0 fully saturated rings. The van der Waals surface area contributed by atoms with E-state index in [1.165, 1.54) is 0 Å². The number of aryl methyl sites for hydroxylation is 1. The molecule has 0 aromatic heterocycles. The third-order valence-corrected chi connectivity index (χ3v) is 2.22. The molecule has 0 saturated heterocycles.